The van der Waals surface area contributed by atoms with Crippen LogP contribution in [0.15, 0.2) is 60.7 Å². The van der Waals surface area contributed by atoms with Crippen LogP contribution in [0.3, 0.4) is 0 Å². The van der Waals surface area contributed by atoms with Gasteiger partial charge >= 0.3 is 0 Å². The summed E-state index contributed by atoms with van der Waals surface area (Å²) in [6.07, 6.45) is 4.91. The van der Waals surface area contributed by atoms with Crippen molar-refractivity contribution in [3.05, 3.63) is 71.8 Å². The molecule has 0 fully saturated rings. The lowest BCUT2D eigenvalue weighted by molar-refractivity contribution is -0.118. The van der Waals surface area contributed by atoms with Crippen LogP contribution in [-0.4, -0.2) is 13.0 Å². The minimum Gasteiger partial charge on any atom is -0.315 e. The molecule has 2 aromatic rings. The molecule has 1 aliphatic heterocycles. The van der Waals surface area contributed by atoms with E-state index in [1.165, 1.54) is 5.56 Å². The van der Waals surface area contributed by atoms with Gasteiger partial charge in [0.05, 0.1) is 5.92 Å². The predicted octanol–water partition coefficient (Wildman–Crippen LogP) is 3.85. The molecule has 1 atom stereocenters. The van der Waals surface area contributed by atoms with Crippen molar-refractivity contribution in [2.24, 2.45) is 0 Å². The SMILES string of the molecule is CN1C(=O)C(C/C=C/c2ccccc2)c2ccccc21. The summed E-state index contributed by atoms with van der Waals surface area (Å²) in [6, 6.07) is 18.2. The number of likely N-dealkylation sites (N-methyl/N-ethyl adjacent to an activating group) is 1. The average molecular weight is 263 g/mol. The van der Waals surface area contributed by atoms with Crippen molar-refractivity contribution < 1.29 is 4.79 Å². The van der Waals surface area contributed by atoms with Crippen molar-refractivity contribution in [3.8, 4) is 0 Å². The summed E-state index contributed by atoms with van der Waals surface area (Å²) < 4.78 is 0. The number of allylic oxidation sites excluding steroid dienone is 1. The number of hydrogen-bond donors (Lipinski definition) is 0. The van der Waals surface area contributed by atoms with Crippen LogP contribution in [0.25, 0.3) is 6.08 Å². The minimum absolute atomic E-state index is 0.0452. The molecule has 2 aromatic carbocycles. The number of benzene rings is 2. The molecule has 0 aromatic heterocycles. The molecule has 0 radical (unpaired) electrons. The number of nitrogens with zero attached hydrogens (tertiary/aromatic N) is 1. The van der Waals surface area contributed by atoms with Crippen LogP contribution in [0.1, 0.15) is 23.5 Å². The Morgan fingerprint density at radius 2 is 1.75 bits per heavy atom. The Hall–Kier alpha value is -2.35. The van der Waals surface area contributed by atoms with Crippen LogP contribution in [-0.2, 0) is 4.79 Å². The second-order valence-electron chi connectivity index (χ2n) is 5.06. The van der Waals surface area contributed by atoms with E-state index in [1.807, 2.05) is 43.4 Å². The molecule has 1 heterocycles. The Labute approximate surface area is 119 Å². The first-order valence-corrected chi connectivity index (χ1v) is 6.85. The number of carbonyl (C=O) groups is 1. The van der Waals surface area contributed by atoms with Crippen LogP contribution in [0.5, 0.6) is 0 Å². The summed E-state index contributed by atoms with van der Waals surface area (Å²) in [5.41, 5.74) is 3.34. The van der Waals surface area contributed by atoms with Crippen molar-refractivity contribution in [1.82, 2.24) is 0 Å². The molecule has 100 valence electrons. The van der Waals surface area contributed by atoms with Crippen molar-refractivity contribution in [2.45, 2.75) is 12.3 Å². The zero-order valence-electron chi connectivity index (χ0n) is 11.5. The highest BCUT2D eigenvalue weighted by atomic mass is 16.2. The van der Waals surface area contributed by atoms with E-state index in [9.17, 15) is 4.79 Å². The van der Waals surface area contributed by atoms with E-state index in [0.29, 0.717) is 0 Å². The molecule has 2 nitrogen and oxygen atoms in total. The summed E-state index contributed by atoms with van der Waals surface area (Å²) in [5, 5.41) is 0. The van der Waals surface area contributed by atoms with E-state index < -0.39 is 0 Å². The molecule has 2 heteroatoms. The van der Waals surface area contributed by atoms with Crippen molar-refractivity contribution >= 4 is 17.7 Å². The van der Waals surface area contributed by atoms with Gasteiger partial charge in [0.2, 0.25) is 5.91 Å². The summed E-state index contributed by atoms with van der Waals surface area (Å²) in [7, 11) is 1.85. The lowest BCUT2D eigenvalue weighted by atomic mass is 9.97. The van der Waals surface area contributed by atoms with Gasteiger partial charge < -0.3 is 4.90 Å². The number of para-hydroxylation sites is 1. The first-order chi connectivity index (χ1) is 9.77. The summed E-state index contributed by atoms with van der Waals surface area (Å²) in [6.45, 7) is 0. The van der Waals surface area contributed by atoms with Crippen molar-refractivity contribution in [3.63, 3.8) is 0 Å². The lowest BCUT2D eigenvalue weighted by Gasteiger charge is -2.09. The Bertz CT molecular complexity index is 645. The number of amides is 1. The number of hydrogen-bond acceptors (Lipinski definition) is 1. The van der Waals surface area contributed by atoms with Gasteiger partial charge in [0.1, 0.15) is 0 Å². The van der Waals surface area contributed by atoms with E-state index in [4.69, 9.17) is 0 Å². The largest absolute Gasteiger partial charge is 0.315 e. The fourth-order valence-corrected chi connectivity index (χ4v) is 2.71. The Morgan fingerprint density at radius 3 is 2.55 bits per heavy atom. The van der Waals surface area contributed by atoms with Gasteiger partial charge in [-0.15, -0.1) is 0 Å². The monoisotopic (exact) mass is 263 g/mol. The van der Waals surface area contributed by atoms with Crippen LogP contribution < -0.4 is 4.90 Å². The number of fused-ring (bicyclic) bond motifs is 1. The van der Waals surface area contributed by atoms with E-state index >= 15 is 0 Å². The van der Waals surface area contributed by atoms with E-state index in [2.05, 4.69) is 30.4 Å². The second-order valence-corrected chi connectivity index (χ2v) is 5.06. The first kappa shape index (κ1) is 12.7. The first-order valence-electron chi connectivity index (χ1n) is 6.85. The molecule has 1 unspecified atom stereocenters. The summed E-state index contributed by atoms with van der Waals surface area (Å²) >= 11 is 0. The topological polar surface area (TPSA) is 20.3 Å². The number of anilines is 1. The highest BCUT2D eigenvalue weighted by Crippen LogP contribution is 2.38. The molecule has 0 saturated carbocycles. The summed E-state index contributed by atoms with van der Waals surface area (Å²) in [5.74, 6) is 0.139. The molecular formula is C18H17NO. The van der Waals surface area contributed by atoms with E-state index in [-0.39, 0.29) is 11.8 Å². The van der Waals surface area contributed by atoms with Crippen molar-refractivity contribution in [1.29, 1.82) is 0 Å². The third-order valence-electron chi connectivity index (χ3n) is 3.78. The zero-order valence-corrected chi connectivity index (χ0v) is 11.5. The zero-order chi connectivity index (χ0) is 13.9. The molecule has 1 amide bonds. The fourth-order valence-electron chi connectivity index (χ4n) is 2.71. The van der Waals surface area contributed by atoms with Gasteiger partial charge in [-0.05, 0) is 23.6 Å². The van der Waals surface area contributed by atoms with Crippen LogP contribution >= 0.6 is 0 Å². The van der Waals surface area contributed by atoms with Gasteiger partial charge in [-0.3, -0.25) is 4.79 Å². The maximum atomic E-state index is 12.3. The van der Waals surface area contributed by atoms with E-state index in [0.717, 1.165) is 17.7 Å². The highest BCUT2D eigenvalue weighted by Gasteiger charge is 2.33. The van der Waals surface area contributed by atoms with Gasteiger partial charge in [0, 0.05) is 12.7 Å². The van der Waals surface area contributed by atoms with Crippen LogP contribution in [0, 0.1) is 0 Å². The normalized spacial score (nSPS) is 17.8. The van der Waals surface area contributed by atoms with Gasteiger partial charge in [0.15, 0.2) is 0 Å². The summed E-state index contributed by atoms with van der Waals surface area (Å²) in [4.78, 5) is 14.1. The maximum absolute atomic E-state index is 12.3. The average Bonchev–Trinajstić information content (AvgIpc) is 2.74. The van der Waals surface area contributed by atoms with Gasteiger partial charge in [-0.2, -0.15) is 0 Å². The third-order valence-corrected chi connectivity index (χ3v) is 3.78. The number of carbonyl (C=O) groups excluding carboxylic acids is 1. The molecule has 0 N–H and O–H groups in total. The predicted molar refractivity (Wildman–Crippen MR) is 82.7 cm³/mol. The van der Waals surface area contributed by atoms with Gasteiger partial charge in [0.25, 0.3) is 0 Å². The Kier molecular flexibility index (Phi) is 3.38. The molecule has 0 aliphatic carbocycles. The van der Waals surface area contributed by atoms with Gasteiger partial charge in [-0.1, -0.05) is 60.7 Å². The van der Waals surface area contributed by atoms with Crippen LogP contribution in [0.2, 0.25) is 0 Å². The van der Waals surface area contributed by atoms with Crippen molar-refractivity contribution in [2.75, 3.05) is 11.9 Å². The Morgan fingerprint density at radius 1 is 1.05 bits per heavy atom. The molecule has 3 rings (SSSR count). The molecule has 20 heavy (non-hydrogen) atoms. The number of rotatable bonds is 3. The third kappa shape index (κ3) is 2.25. The molecule has 0 saturated heterocycles. The lowest BCUT2D eigenvalue weighted by Crippen LogP contribution is -2.23. The molecule has 0 spiro atoms. The van der Waals surface area contributed by atoms with Crippen LogP contribution in [0.4, 0.5) is 5.69 Å². The smallest absolute Gasteiger partial charge is 0.234 e. The standard InChI is InChI=1S/C18H17NO/c1-19-17-13-6-5-11-15(17)16(18(19)20)12-7-10-14-8-3-2-4-9-14/h2-11,13,16H,12H2,1H3/b10-7+. The fraction of sp³-hybridized carbons (Fsp3) is 0.167. The Balaban J connectivity index is 1.78. The quantitative estimate of drug-likeness (QED) is 0.823. The van der Waals surface area contributed by atoms with E-state index in [1.54, 1.807) is 4.90 Å². The molecule has 1 aliphatic rings. The van der Waals surface area contributed by atoms with Gasteiger partial charge in [-0.25, -0.2) is 0 Å². The second kappa shape index (κ2) is 5.33. The molecule has 0 bridgehead atoms. The molecular weight excluding hydrogens is 246 g/mol. The minimum atomic E-state index is -0.0452. The highest BCUT2D eigenvalue weighted by molar-refractivity contribution is 6.04. The maximum Gasteiger partial charge on any atom is 0.234 e.